The highest BCUT2D eigenvalue weighted by Gasteiger charge is 2.14. The largest absolute Gasteiger partial charge is 0.488 e. The van der Waals surface area contributed by atoms with Crippen molar-refractivity contribution in [2.24, 2.45) is 7.05 Å². The second-order valence-electron chi connectivity index (χ2n) is 5.58. The number of hydrogen-bond acceptors (Lipinski definition) is 3. The Morgan fingerprint density at radius 1 is 1.26 bits per heavy atom. The number of nitrogens with one attached hydrogen (secondary N) is 1. The topological polar surface area (TPSA) is 39.1 Å². The summed E-state index contributed by atoms with van der Waals surface area (Å²) in [5.74, 6) is 0.923. The molecule has 0 atom stereocenters. The summed E-state index contributed by atoms with van der Waals surface area (Å²) >= 11 is 0. The van der Waals surface area contributed by atoms with Gasteiger partial charge in [-0.25, -0.2) is 0 Å². The quantitative estimate of drug-likeness (QED) is 0.916. The van der Waals surface area contributed by atoms with Crippen LogP contribution in [0.4, 0.5) is 5.69 Å². The Morgan fingerprint density at radius 2 is 2.00 bits per heavy atom. The van der Waals surface area contributed by atoms with E-state index in [1.165, 1.54) is 0 Å². The minimum atomic E-state index is -0.190. The summed E-state index contributed by atoms with van der Waals surface area (Å²) in [5.41, 5.74) is 1.96. The van der Waals surface area contributed by atoms with Crippen LogP contribution in [0.5, 0.6) is 5.75 Å². The van der Waals surface area contributed by atoms with Crippen LogP contribution in [0, 0.1) is 0 Å². The van der Waals surface area contributed by atoms with Crippen LogP contribution in [0.2, 0.25) is 0 Å². The Hall–Kier alpha value is -1.97. The molecule has 0 bridgehead atoms. The molecular formula is C15H21N3O. The number of nitrogens with zero attached hydrogens (tertiary/aromatic N) is 2. The van der Waals surface area contributed by atoms with E-state index in [-0.39, 0.29) is 5.60 Å². The first-order chi connectivity index (χ1) is 8.94. The Labute approximate surface area is 114 Å². The van der Waals surface area contributed by atoms with Gasteiger partial charge in [-0.2, -0.15) is 5.10 Å². The van der Waals surface area contributed by atoms with Gasteiger partial charge in [0.05, 0.1) is 11.9 Å². The van der Waals surface area contributed by atoms with Gasteiger partial charge in [-0.1, -0.05) is 18.2 Å². The molecule has 2 rings (SSSR count). The summed E-state index contributed by atoms with van der Waals surface area (Å²) in [6.07, 6.45) is 3.76. The average molecular weight is 259 g/mol. The Balaban J connectivity index is 2.07. The number of rotatable bonds is 4. The molecule has 0 aliphatic heterocycles. The number of anilines is 1. The highest BCUT2D eigenvalue weighted by atomic mass is 16.5. The zero-order valence-corrected chi connectivity index (χ0v) is 12.0. The SMILES string of the molecule is Cn1cc(NCc2ccccc2OC(C)(C)C)cn1. The number of ether oxygens (including phenoxy) is 1. The predicted molar refractivity (Wildman–Crippen MR) is 77.4 cm³/mol. The van der Waals surface area contributed by atoms with Gasteiger partial charge in [0.15, 0.2) is 0 Å². The fourth-order valence-electron chi connectivity index (χ4n) is 1.79. The lowest BCUT2D eigenvalue weighted by Gasteiger charge is -2.23. The first kappa shape index (κ1) is 13.5. The highest BCUT2D eigenvalue weighted by molar-refractivity contribution is 5.42. The van der Waals surface area contributed by atoms with Gasteiger partial charge in [0, 0.05) is 25.4 Å². The van der Waals surface area contributed by atoms with Gasteiger partial charge in [0.25, 0.3) is 0 Å². The van der Waals surface area contributed by atoms with E-state index in [1.807, 2.05) is 37.6 Å². The lowest BCUT2D eigenvalue weighted by atomic mass is 10.1. The van der Waals surface area contributed by atoms with Crippen LogP contribution >= 0.6 is 0 Å². The molecule has 102 valence electrons. The van der Waals surface area contributed by atoms with Gasteiger partial charge in [0.2, 0.25) is 0 Å². The Kier molecular flexibility index (Phi) is 3.79. The van der Waals surface area contributed by atoms with Gasteiger partial charge in [-0.15, -0.1) is 0 Å². The molecule has 0 radical (unpaired) electrons. The maximum absolute atomic E-state index is 5.97. The minimum absolute atomic E-state index is 0.190. The van der Waals surface area contributed by atoms with Crippen molar-refractivity contribution in [1.29, 1.82) is 0 Å². The molecule has 0 fully saturated rings. The standard InChI is InChI=1S/C15H21N3O/c1-15(2,3)19-14-8-6-5-7-12(14)9-16-13-10-17-18(4)11-13/h5-8,10-11,16H,9H2,1-4H3. The molecule has 1 aromatic carbocycles. The van der Waals surface area contributed by atoms with Crippen LogP contribution < -0.4 is 10.1 Å². The summed E-state index contributed by atoms with van der Waals surface area (Å²) in [4.78, 5) is 0. The third kappa shape index (κ3) is 4.02. The summed E-state index contributed by atoms with van der Waals surface area (Å²) < 4.78 is 7.74. The van der Waals surface area contributed by atoms with Gasteiger partial charge >= 0.3 is 0 Å². The summed E-state index contributed by atoms with van der Waals surface area (Å²) in [7, 11) is 1.90. The summed E-state index contributed by atoms with van der Waals surface area (Å²) in [6, 6.07) is 8.10. The normalized spacial score (nSPS) is 11.4. The molecule has 0 saturated heterocycles. The molecule has 4 heteroatoms. The van der Waals surface area contributed by atoms with Gasteiger partial charge in [-0.3, -0.25) is 4.68 Å². The molecular weight excluding hydrogens is 238 g/mol. The molecule has 1 heterocycles. The predicted octanol–water partition coefficient (Wildman–Crippen LogP) is 3.21. The molecule has 1 aromatic heterocycles. The second kappa shape index (κ2) is 5.34. The van der Waals surface area contributed by atoms with Crippen LogP contribution in [-0.4, -0.2) is 15.4 Å². The number of aryl methyl sites for hydroxylation is 1. The number of benzene rings is 1. The fourth-order valence-corrected chi connectivity index (χ4v) is 1.79. The Bertz CT molecular complexity index is 540. The molecule has 0 aliphatic rings. The van der Waals surface area contributed by atoms with Crippen LogP contribution in [0.3, 0.4) is 0 Å². The van der Waals surface area contributed by atoms with Crippen molar-refractivity contribution < 1.29 is 4.74 Å². The van der Waals surface area contributed by atoms with Crippen molar-refractivity contribution in [3.05, 3.63) is 42.2 Å². The van der Waals surface area contributed by atoms with Crippen molar-refractivity contribution in [2.75, 3.05) is 5.32 Å². The molecule has 2 aromatic rings. The van der Waals surface area contributed by atoms with Crippen molar-refractivity contribution in [1.82, 2.24) is 9.78 Å². The molecule has 0 spiro atoms. The molecule has 0 unspecified atom stereocenters. The van der Waals surface area contributed by atoms with Crippen LogP contribution in [-0.2, 0) is 13.6 Å². The molecule has 0 amide bonds. The van der Waals surface area contributed by atoms with Crippen molar-refractivity contribution >= 4 is 5.69 Å². The smallest absolute Gasteiger partial charge is 0.125 e. The van der Waals surface area contributed by atoms with E-state index in [2.05, 4.69) is 37.3 Å². The molecule has 1 N–H and O–H groups in total. The third-order valence-electron chi connectivity index (χ3n) is 2.58. The van der Waals surface area contributed by atoms with Gasteiger partial charge < -0.3 is 10.1 Å². The number of hydrogen-bond donors (Lipinski definition) is 1. The van der Waals surface area contributed by atoms with Crippen LogP contribution in [0.15, 0.2) is 36.7 Å². The number of para-hydroxylation sites is 1. The monoisotopic (exact) mass is 259 g/mol. The maximum Gasteiger partial charge on any atom is 0.125 e. The van der Waals surface area contributed by atoms with E-state index < -0.39 is 0 Å². The van der Waals surface area contributed by atoms with E-state index in [1.54, 1.807) is 4.68 Å². The molecule has 4 nitrogen and oxygen atoms in total. The maximum atomic E-state index is 5.97. The molecule has 19 heavy (non-hydrogen) atoms. The van der Waals surface area contributed by atoms with Gasteiger partial charge in [-0.05, 0) is 26.8 Å². The van der Waals surface area contributed by atoms with Crippen LogP contribution in [0.1, 0.15) is 26.3 Å². The molecule has 0 saturated carbocycles. The first-order valence-electron chi connectivity index (χ1n) is 6.43. The van der Waals surface area contributed by atoms with E-state index in [4.69, 9.17) is 4.74 Å². The van der Waals surface area contributed by atoms with E-state index in [0.717, 1.165) is 23.5 Å². The van der Waals surface area contributed by atoms with E-state index >= 15 is 0 Å². The minimum Gasteiger partial charge on any atom is -0.488 e. The van der Waals surface area contributed by atoms with Crippen molar-refractivity contribution in [2.45, 2.75) is 32.9 Å². The summed E-state index contributed by atoms with van der Waals surface area (Å²) in [5, 5.41) is 7.48. The Morgan fingerprint density at radius 3 is 2.63 bits per heavy atom. The zero-order chi connectivity index (χ0) is 13.9. The van der Waals surface area contributed by atoms with Gasteiger partial charge in [0.1, 0.15) is 11.4 Å². The van der Waals surface area contributed by atoms with E-state index in [9.17, 15) is 0 Å². The highest BCUT2D eigenvalue weighted by Crippen LogP contribution is 2.23. The number of aromatic nitrogens is 2. The fraction of sp³-hybridized carbons (Fsp3) is 0.400. The third-order valence-corrected chi connectivity index (χ3v) is 2.58. The van der Waals surface area contributed by atoms with E-state index in [0.29, 0.717) is 0 Å². The lowest BCUT2D eigenvalue weighted by molar-refractivity contribution is 0.129. The molecule has 0 aliphatic carbocycles. The van der Waals surface area contributed by atoms with Crippen LogP contribution in [0.25, 0.3) is 0 Å². The first-order valence-corrected chi connectivity index (χ1v) is 6.43. The summed E-state index contributed by atoms with van der Waals surface area (Å²) in [6.45, 7) is 6.88. The van der Waals surface area contributed by atoms with Crippen molar-refractivity contribution in [3.63, 3.8) is 0 Å². The lowest BCUT2D eigenvalue weighted by Crippen LogP contribution is -2.23. The van der Waals surface area contributed by atoms with Crippen molar-refractivity contribution in [3.8, 4) is 5.75 Å². The zero-order valence-electron chi connectivity index (χ0n) is 12.0. The average Bonchev–Trinajstić information content (AvgIpc) is 2.72. The second-order valence-corrected chi connectivity index (χ2v) is 5.58.